The second-order valence-electron chi connectivity index (χ2n) is 3.85. The summed E-state index contributed by atoms with van der Waals surface area (Å²) in [4.78, 5) is 22.5. The van der Waals surface area contributed by atoms with Crippen molar-refractivity contribution in [3.8, 4) is 5.75 Å². The van der Waals surface area contributed by atoms with Gasteiger partial charge in [0, 0.05) is 0 Å². The van der Waals surface area contributed by atoms with Crippen LogP contribution in [0, 0.1) is 0 Å². The Hall–Kier alpha value is -2.14. The SMILES string of the molecule is COc1ccc(Cn2nc(C=O)cc(Cl)c2=O)cc1. The molecule has 0 spiro atoms. The Balaban J connectivity index is 2.34. The highest BCUT2D eigenvalue weighted by atomic mass is 35.5. The Bertz CT molecular complexity index is 650. The summed E-state index contributed by atoms with van der Waals surface area (Å²) in [7, 11) is 1.58. The number of nitrogens with zero attached hydrogens (tertiary/aromatic N) is 2. The van der Waals surface area contributed by atoms with Crippen molar-refractivity contribution in [2.45, 2.75) is 6.54 Å². The number of methoxy groups -OCH3 is 1. The van der Waals surface area contributed by atoms with Gasteiger partial charge in [-0.3, -0.25) is 9.59 Å². The van der Waals surface area contributed by atoms with E-state index >= 15 is 0 Å². The number of carbonyl (C=O) groups is 1. The van der Waals surface area contributed by atoms with Gasteiger partial charge in [-0.25, -0.2) is 4.68 Å². The van der Waals surface area contributed by atoms with Gasteiger partial charge in [0.2, 0.25) is 0 Å². The van der Waals surface area contributed by atoms with E-state index in [1.807, 2.05) is 12.1 Å². The molecule has 0 saturated carbocycles. The molecule has 2 aromatic rings. The van der Waals surface area contributed by atoms with Crippen LogP contribution in [0.3, 0.4) is 0 Å². The predicted octanol–water partition coefficient (Wildman–Crippen LogP) is 1.77. The Morgan fingerprint density at radius 1 is 1.37 bits per heavy atom. The number of hydrogen-bond acceptors (Lipinski definition) is 4. The number of benzene rings is 1. The molecule has 0 atom stereocenters. The minimum atomic E-state index is -0.428. The quantitative estimate of drug-likeness (QED) is 0.800. The molecule has 98 valence electrons. The van der Waals surface area contributed by atoms with Gasteiger partial charge in [0.15, 0.2) is 6.29 Å². The zero-order chi connectivity index (χ0) is 13.8. The fraction of sp³-hybridized carbons (Fsp3) is 0.154. The van der Waals surface area contributed by atoms with Crippen LogP contribution in [0.15, 0.2) is 35.1 Å². The van der Waals surface area contributed by atoms with E-state index in [0.717, 1.165) is 16.0 Å². The van der Waals surface area contributed by atoms with Crippen LogP contribution in [-0.4, -0.2) is 23.2 Å². The molecule has 0 aliphatic heterocycles. The maximum absolute atomic E-state index is 11.8. The minimum Gasteiger partial charge on any atom is -0.497 e. The summed E-state index contributed by atoms with van der Waals surface area (Å²) >= 11 is 5.76. The first-order chi connectivity index (χ1) is 9.13. The van der Waals surface area contributed by atoms with E-state index in [-0.39, 0.29) is 17.3 Å². The standard InChI is InChI=1S/C13H11ClN2O3/c1-19-11-4-2-9(3-5-11)7-16-13(18)12(14)6-10(8-17)15-16/h2-6,8H,7H2,1H3. The molecule has 5 nitrogen and oxygen atoms in total. The van der Waals surface area contributed by atoms with Gasteiger partial charge < -0.3 is 4.74 Å². The van der Waals surface area contributed by atoms with Crippen LogP contribution in [0.1, 0.15) is 16.1 Å². The van der Waals surface area contributed by atoms with E-state index in [9.17, 15) is 9.59 Å². The van der Waals surface area contributed by atoms with Crippen molar-refractivity contribution < 1.29 is 9.53 Å². The molecule has 2 rings (SSSR count). The lowest BCUT2D eigenvalue weighted by molar-refractivity contribution is 0.111. The molecule has 0 aliphatic rings. The van der Waals surface area contributed by atoms with Crippen molar-refractivity contribution >= 4 is 17.9 Å². The summed E-state index contributed by atoms with van der Waals surface area (Å²) in [6.07, 6.45) is 0.551. The fourth-order valence-electron chi connectivity index (χ4n) is 1.60. The molecule has 0 N–H and O–H groups in total. The van der Waals surface area contributed by atoms with Crippen LogP contribution in [-0.2, 0) is 6.54 Å². The van der Waals surface area contributed by atoms with E-state index in [2.05, 4.69) is 5.10 Å². The lowest BCUT2D eigenvalue weighted by Gasteiger charge is -2.07. The summed E-state index contributed by atoms with van der Waals surface area (Å²) in [5.74, 6) is 0.726. The van der Waals surface area contributed by atoms with Crippen molar-refractivity contribution in [1.82, 2.24) is 9.78 Å². The molecule has 0 aliphatic carbocycles. The first kappa shape index (κ1) is 13.3. The average Bonchev–Trinajstić information content (AvgIpc) is 2.44. The Morgan fingerprint density at radius 3 is 2.63 bits per heavy atom. The van der Waals surface area contributed by atoms with Crippen LogP contribution in [0.2, 0.25) is 5.02 Å². The summed E-state index contributed by atoms with van der Waals surface area (Å²) in [6, 6.07) is 8.45. The normalized spacial score (nSPS) is 10.2. The first-order valence-corrected chi connectivity index (χ1v) is 5.87. The third-order valence-electron chi connectivity index (χ3n) is 2.56. The largest absolute Gasteiger partial charge is 0.497 e. The van der Waals surface area contributed by atoms with E-state index < -0.39 is 5.56 Å². The molecule has 0 amide bonds. The smallest absolute Gasteiger partial charge is 0.285 e. The predicted molar refractivity (Wildman–Crippen MR) is 71.0 cm³/mol. The summed E-state index contributed by atoms with van der Waals surface area (Å²) in [6.45, 7) is 0.240. The third kappa shape index (κ3) is 3.00. The van der Waals surface area contributed by atoms with Crippen LogP contribution in [0.4, 0.5) is 0 Å². The highest BCUT2D eigenvalue weighted by Gasteiger charge is 2.07. The second-order valence-corrected chi connectivity index (χ2v) is 4.25. The van der Waals surface area contributed by atoms with Crippen LogP contribution in [0.5, 0.6) is 5.75 Å². The van der Waals surface area contributed by atoms with Gasteiger partial charge in [-0.1, -0.05) is 23.7 Å². The maximum Gasteiger partial charge on any atom is 0.285 e. The number of aldehydes is 1. The van der Waals surface area contributed by atoms with Crippen molar-refractivity contribution in [1.29, 1.82) is 0 Å². The van der Waals surface area contributed by atoms with Crippen molar-refractivity contribution in [2.24, 2.45) is 0 Å². The zero-order valence-electron chi connectivity index (χ0n) is 10.2. The van der Waals surface area contributed by atoms with Gasteiger partial charge in [-0.2, -0.15) is 5.10 Å². The minimum absolute atomic E-state index is 0.0226. The van der Waals surface area contributed by atoms with Crippen LogP contribution >= 0.6 is 11.6 Å². The molecular formula is C13H11ClN2O3. The zero-order valence-corrected chi connectivity index (χ0v) is 10.9. The molecule has 1 aromatic carbocycles. The molecular weight excluding hydrogens is 268 g/mol. The monoisotopic (exact) mass is 278 g/mol. The molecule has 0 fully saturated rings. The van der Waals surface area contributed by atoms with Crippen LogP contribution in [0.25, 0.3) is 0 Å². The Kier molecular flexibility index (Phi) is 3.97. The molecule has 1 aromatic heterocycles. The Labute approximate surface area is 114 Å². The molecule has 0 saturated heterocycles. The molecule has 6 heteroatoms. The second kappa shape index (κ2) is 5.67. The van der Waals surface area contributed by atoms with E-state index in [4.69, 9.17) is 16.3 Å². The topological polar surface area (TPSA) is 61.2 Å². The van der Waals surface area contributed by atoms with Crippen molar-refractivity contribution in [2.75, 3.05) is 7.11 Å². The number of ether oxygens (including phenoxy) is 1. The van der Waals surface area contributed by atoms with E-state index in [1.165, 1.54) is 6.07 Å². The third-order valence-corrected chi connectivity index (χ3v) is 2.83. The number of rotatable bonds is 4. The van der Waals surface area contributed by atoms with Gasteiger partial charge in [0.05, 0.1) is 13.7 Å². The van der Waals surface area contributed by atoms with Crippen molar-refractivity contribution in [3.05, 3.63) is 57.0 Å². The average molecular weight is 279 g/mol. The van der Waals surface area contributed by atoms with E-state index in [0.29, 0.717) is 6.29 Å². The molecule has 0 unspecified atom stereocenters. The van der Waals surface area contributed by atoms with Gasteiger partial charge in [0.1, 0.15) is 16.5 Å². The van der Waals surface area contributed by atoms with Crippen molar-refractivity contribution in [3.63, 3.8) is 0 Å². The molecule has 0 bridgehead atoms. The molecule has 1 heterocycles. The van der Waals surface area contributed by atoms with E-state index in [1.54, 1.807) is 19.2 Å². The van der Waals surface area contributed by atoms with Gasteiger partial charge in [0.25, 0.3) is 5.56 Å². The lowest BCUT2D eigenvalue weighted by Crippen LogP contribution is -2.25. The van der Waals surface area contributed by atoms with Crippen LogP contribution < -0.4 is 10.3 Å². The first-order valence-electron chi connectivity index (χ1n) is 5.50. The Morgan fingerprint density at radius 2 is 2.05 bits per heavy atom. The molecule has 19 heavy (non-hydrogen) atoms. The summed E-state index contributed by atoms with van der Waals surface area (Å²) in [5, 5.41) is 3.89. The molecule has 0 radical (unpaired) electrons. The van der Waals surface area contributed by atoms with Gasteiger partial charge >= 0.3 is 0 Å². The lowest BCUT2D eigenvalue weighted by atomic mass is 10.2. The number of halogens is 1. The number of aromatic nitrogens is 2. The summed E-state index contributed by atoms with van der Waals surface area (Å²) in [5.41, 5.74) is 0.552. The maximum atomic E-state index is 11.8. The number of carbonyl (C=O) groups excluding carboxylic acids is 1. The highest BCUT2D eigenvalue weighted by molar-refractivity contribution is 6.30. The highest BCUT2D eigenvalue weighted by Crippen LogP contribution is 2.12. The fourth-order valence-corrected chi connectivity index (χ4v) is 1.81. The van der Waals surface area contributed by atoms with Gasteiger partial charge in [-0.15, -0.1) is 0 Å². The number of hydrogen-bond donors (Lipinski definition) is 0. The van der Waals surface area contributed by atoms with Gasteiger partial charge in [-0.05, 0) is 23.8 Å². The summed E-state index contributed by atoms with van der Waals surface area (Å²) < 4.78 is 6.21.